The number of piperidine rings is 1. The van der Waals surface area contributed by atoms with Crippen molar-refractivity contribution in [3.05, 3.63) is 29.8 Å². The number of rotatable bonds is 3. The number of carbonyl (C=O) groups is 4. The van der Waals surface area contributed by atoms with Crippen LogP contribution >= 0.6 is 0 Å². The average molecular weight is 462 g/mol. The van der Waals surface area contributed by atoms with Gasteiger partial charge >= 0.3 is 12.2 Å². The van der Waals surface area contributed by atoms with Crippen molar-refractivity contribution in [1.82, 2.24) is 15.1 Å². The summed E-state index contributed by atoms with van der Waals surface area (Å²) in [7, 11) is 0. The van der Waals surface area contributed by atoms with E-state index in [1.165, 1.54) is 4.90 Å². The van der Waals surface area contributed by atoms with Gasteiger partial charge in [0.25, 0.3) is 0 Å². The molecule has 0 spiro atoms. The van der Waals surface area contributed by atoms with Gasteiger partial charge in [-0.2, -0.15) is 0 Å². The van der Waals surface area contributed by atoms with Crippen LogP contribution in [0.25, 0.3) is 0 Å². The summed E-state index contributed by atoms with van der Waals surface area (Å²) >= 11 is 0. The van der Waals surface area contributed by atoms with Gasteiger partial charge in [-0.1, -0.05) is 12.1 Å². The van der Waals surface area contributed by atoms with Crippen molar-refractivity contribution < 1.29 is 33.8 Å². The summed E-state index contributed by atoms with van der Waals surface area (Å²) in [5.74, 6) is -0.176. The predicted octanol–water partition coefficient (Wildman–Crippen LogP) is 2.58. The number of carboxylic acid groups (broad SMARTS) is 1. The Morgan fingerprint density at radius 1 is 1.12 bits per heavy atom. The van der Waals surface area contributed by atoms with Crippen LogP contribution in [0.1, 0.15) is 51.5 Å². The molecule has 3 heterocycles. The Hall–Kier alpha value is -3.30. The first-order valence-electron chi connectivity index (χ1n) is 11.1. The largest absolute Gasteiger partial charge is 0.487 e. The Balaban J connectivity index is 0.000000374. The van der Waals surface area contributed by atoms with Crippen LogP contribution < -0.4 is 10.1 Å². The van der Waals surface area contributed by atoms with Gasteiger partial charge in [-0.3, -0.25) is 14.9 Å². The highest BCUT2D eigenvalue weighted by molar-refractivity contribution is 6.00. The molecular formula is C23H31N3O7. The summed E-state index contributed by atoms with van der Waals surface area (Å²) in [6, 6.07) is 7.35. The molecule has 1 atom stereocenters. The van der Waals surface area contributed by atoms with Crippen LogP contribution in [0.2, 0.25) is 0 Å². The van der Waals surface area contributed by atoms with Crippen molar-refractivity contribution >= 4 is 24.0 Å². The highest BCUT2D eigenvalue weighted by Gasteiger charge is 2.35. The fourth-order valence-corrected chi connectivity index (χ4v) is 3.50. The van der Waals surface area contributed by atoms with Crippen LogP contribution in [-0.4, -0.2) is 76.8 Å². The third kappa shape index (κ3) is 6.84. The molecule has 1 unspecified atom stereocenters. The van der Waals surface area contributed by atoms with Gasteiger partial charge in [0.1, 0.15) is 17.5 Å². The molecular weight excluding hydrogens is 430 g/mol. The normalized spacial score (nSPS) is 20.5. The first-order valence-corrected chi connectivity index (χ1v) is 11.1. The summed E-state index contributed by atoms with van der Waals surface area (Å²) in [5, 5.41) is 10.5. The first kappa shape index (κ1) is 24.3. The molecule has 10 nitrogen and oxygen atoms in total. The van der Waals surface area contributed by atoms with Gasteiger partial charge in [0.2, 0.25) is 11.8 Å². The van der Waals surface area contributed by atoms with Gasteiger partial charge in [-0.25, -0.2) is 9.59 Å². The van der Waals surface area contributed by atoms with Crippen LogP contribution in [-0.2, 0) is 14.3 Å². The Labute approximate surface area is 192 Å². The second kappa shape index (κ2) is 10.1. The summed E-state index contributed by atoms with van der Waals surface area (Å²) < 4.78 is 11.2. The molecule has 4 rings (SSSR count). The Morgan fingerprint density at radius 2 is 1.82 bits per heavy atom. The number of ether oxygens (including phenoxy) is 2. The van der Waals surface area contributed by atoms with Crippen molar-refractivity contribution in [3.63, 3.8) is 0 Å². The van der Waals surface area contributed by atoms with Gasteiger partial charge in [0.05, 0.1) is 19.0 Å². The number of nitrogens with one attached hydrogen (secondary N) is 1. The van der Waals surface area contributed by atoms with E-state index in [2.05, 4.69) is 5.32 Å². The van der Waals surface area contributed by atoms with Crippen molar-refractivity contribution in [2.24, 2.45) is 0 Å². The van der Waals surface area contributed by atoms with Crippen molar-refractivity contribution in [3.8, 4) is 5.75 Å². The fraction of sp³-hybridized carbons (Fsp3) is 0.565. The maximum Gasteiger partial charge on any atom is 0.410 e. The third-order valence-corrected chi connectivity index (χ3v) is 5.43. The minimum absolute atomic E-state index is 0.0977. The number of benzene rings is 1. The topological polar surface area (TPSA) is 125 Å². The molecule has 33 heavy (non-hydrogen) atoms. The molecule has 3 aliphatic rings. The SMILES string of the molecule is CC(C)(C)OC(=O)N1CC(Oc2cccc(C3CCC(=O)NC3=O)c2)C1.O=C(O)N1CCC1. The van der Waals surface area contributed by atoms with Crippen LogP contribution in [0.15, 0.2) is 24.3 Å². The number of likely N-dealkylation sites (tertiary alicyclic amines) is 2. The second-order valence-electron chi connectivity index (χ2n) is 9.32. The van der Waals surface area contributed by atoms with E-state index in [1.54, 1.807) is 4.90 Å². The molecule has 180 valence electrons. The van der Waals surface area contributed by atoms with E-state index in [1.807, 2.05) is 45.0 Å². The minimum Gasteiger partial charge on any atom is -0.487 e. The zero-order valence-corrected chi connectivity index (χ0v) is 19.2. The number of imide groups is 1. The Kier molecular flexibility index (Phi) is 7.45. The maximum absolute atomic E-state index is 12.0. The van der Waals surface area contributed by atoms with E-state index in [-0.39, 0.29) is 29.9 Å². The van der Waals surface area contributed by atoms with Crippen LogP contribution in [0.4, 0.5) is 9.59 Å². The number of amides is 4. The zero-order chi connectivity index (χ0) is 24.2. The number of hydrogen-bond donors (Lipinski definition) is 2. The molecule has 1 aromatic rings. The smallest absolute Gasteiger partial charge is 0.410 e. The zero-order valence-electron chi connectivity index (χ0n) is 19.2. The minimum atomic E-state index is -0.786. The second-order valence-corrected chi connectivity index (χ2v) is 9.32. The van der Waals surface area contributed by atoms with E-state index in [0.29, 0.717) is 31.7 Å². The molecule has 3 saturated heterocycles. The Morgan fingerprint density at radius 3 is 2.33 bits per heavy atom. The highest BCUT2D eigenvalue weighted by atomic mass is 16.6. The molecule has 10 heteroatoms. The van der Waals surface area contributed by atoms with Crippen LogP contribution in [0.5, 0.6) is 5.75 Å². The van der Waals surface area contributed by atoms with Crippen molar-refractivity contribution in [2.75, 3.05) is 26.2 Å². The fourth-order valence-electron chi connectivity index (χ4n) is 3.50. The van der Waals surface area contributed by atoms with Gasteiger partial charge < -0.3 is 24.4 Å². The van der Waals surface area contributed by atoms with E-state index >= 15 is 0 Å². The third-order valence-electron chi connectivity index (χ3n) is 5.43. The molecule has 1 aromatic carbocycles. The van der Waals surface area contributed by atoms with Gasteiger partial charge in [-0.15, -0.1) is 0 Å². The quantitative estimate of drug-likeness (QED) is 0.663. The van der Waals surface area contributed by atoms with Crippen molar-refractivity contribution in [1.29, 1.82) is 0 Å². The lowest BCUT2D eigenvalue weighted by Gasteiger charge is -2.39. The van der Waals surface area contributed by atoms with Gasteiger partial charge in [0.15, 0.2) is 0 Å². The standard InChI is InChI=1S/C19H24N2O5.C4H7NO2/c1-19(2,3)26-18(24)21-10-14(11-21)25-13-6-4-5-12(9-13)15-7-8-16(22)20-17(15)23;6-4(7)5-2-1-3-5/h4-6,9,14-15H,7-8,10-11H2,1-3H3,(H,20,22,23);1-3H2,(H,6,7). The van der Waals surface area contributed by atoms with E-state index in [9.17, 15) is 19.2 Å². The number of carbonyl (C=O) groups excluding carboxylic acids is 3. The highest BCUT2D eigenvalue weighted by Crippen LogP contribution is 2.28. The average Bonchev–Trinajstić information content (AvgIpc) is 2.61. The summed E-state index contributed by atoms with van der Waals surface area (Å²) in [6.45, 7) is 7.90. The number of hydrogen-bond acceptors (Lipinski definition) is 6. The summed E-state index contributed by atoms with van der Waals surface area (Å²) in [6.07, 6.45) is 0.658. The molecule has 0 aromatic heterocycles. The lowest BCUT2D eigenvalue weighted by molar-refractivity contribution is -0.134. The monoisotopic (exact) mass is 461 g/mol. The molecule has 0 radical (unpaired) electrons. The molecule has 4 amide bonds. The van der Waals surface area contributed by atoms with Crippen LogP contribution in [0, 0.1) is 0 Å². The van der Waals surface area contributed by atoms with E-state index in [4.69, 9.17) is 14.6 Å². The molecule has 3 fully saturated rings. The maximum atomic E-state index is 12.0. The number of nitrogens with zero attached hydrogens (tertiary/aromatic N) is 2. The van der Waals surface area contributed by atoms with E-state index < -0.39 is 11.7 Å². The molecule has 2 N–H and O–H groups in total. The van der Waals surface area contributed by atoms with Gasteiger partial charge in [0, 0.05) is 19.5 Å². The van der Waals surface area contributed by atoms with E-state index in [0.717, 1.165) is 25.1 Å². The van der Waals surface area contributed by atoms with Gasteiger partial charge in [-0.05, 0) is 51.3 Å². The molecule has 3 aliphatic heterocycles. The molecule has 0 bridgehead atoms. The van der Waals surface area contributed by atoms with Crippen molar-refractivity contribution in [2.45, 2.75) is 57.7 Å². The summed E-state index contributed by atoms with van der Waals surface area (Å²) in [5.41, 5.74) is 0.315. The predicted molar refractivity (Wildman–Crippen MR) is 118 cm³/mol. The Bertz CT molecular complexity index is 902. The summed E-state index contributed by atoms with van der Waals surface area (Å²) in [4.78, 5) is 48.1. The lowest BCUT2D eigenvalue weighted by Crippen LogP contribution is -2.57. The molecule has 0 saturated carbocycles. The molecule has 0 aliphatic carbocycles. The lowest BCUT2D eigenvalue weighted by atomic mass is 9.90. The van der Waals surface area contributed by atoms with Crippen LogP contribution in [0.3, 0.4) is 0 Å². The first-order chi connectivity index (χ1) is 15.5.